The van der Waals surface area contributed by atoms with Crippen molar-refractivity contribution in [3.05, 3.63) is 65.7 Å². The van der Waals surface area contributed by atoms with E-state index in [1.54, 1.807) is 26.0 Å². The second-order valence-electron chi connectivity index (χ2n) is 14.8. The van der Waals surface area contributed by atoms with Gasteiger partial charge in [-0.25, -0.2) is 0 Å². The lowest BCUT2D eigenvalue weighted by atomic mass is 9.99. The molecule has 4 rings (SSSR count). The molecule has 2 heterocycles. The van der Waals surface area contributed by atoms with Crippen molar-refractivity contribution in [3.8, 4) is 5.75 Å². The summed E-state index contributed by atoms with van der Waals surface area (Å²) in [5.74, 6) is -3.02. The standard InChI is InChI=1S/C39H55N7O7/c1-23(2)20-28(40)34(48)44-31(22-25-10-6-5-7-11-25)39(53)46-19-9-13-32(46)37(51)43-30(21-26-14-16-27(47)17-15-26)36(50)45-33(24(3)4)38(52)42-29-12-8-18-41-35(29)49/h5-7,10-11,14-17,23-24,28-33,47H,8-9,12-13,18-22,40H2,1-4H3,(H,41,49)(H,42,52)(H,43,51)(H,44,48)(H,45,50)/t28-,29-,30+,31+,32-,33-/m0/s1. The van der Waals surface area contributed by atoms with Gasteiger partial charge in [-0.1, -0.05) is 70.2 Å². The summed E-state index contributed by atoms with van der Waals surface area (Å²) in [6.45, 7) is 8.25. The number of nitrogens with zero attached hydrogens (tertiary/aromatic N) is 1. The minimum atomic E-state index is -1.16. The molecule has 0 saturated carbocycles. The van der Waals surface area contributed by atoms with Crippen molar-refractivity contribution in [2.45, 2.75) is 109 Å². The molecule has 2 aromatic carbocycles. The van der Waals surface area contributed by atoms with E-state index in [4.69, 9.17) is 5.73 Å². The predicted molar refractivity (Wildman–Crippen MR) is 199 cm³/mol. The summed E-state index contributed by atoms with van der Waals surface area (Å²) in [5, 5.41) is 23.8. The highest BCUT2D eigenvalue weighted by Gasteiger charge is 2.40. The molecule has 2 fully saturated rings. The molecular formula is C39H55N7O7. The largest absolute Gasteiger partial charge is 0.508 e. The Bertz CT molecular complexity index is 1580. The molecule has 0 unspecified atom stereocenters. The number of nitrogens with one attached hydrogen (secondary N) is 5. The van der Waals surface area contributed by atoms with Crippen LogP contribution >= 0.6 is 0 Å². The van der Waals surface area contributed by atoms with Gasteiger partial charge in [-0.3, -0.25) is 28.8 Å². The van der Waals surface area contributed by atoms with Gasteiger partial charge in [0.1, 0.15) is 36.0 Å². The number of phenolic OH excluding ortho intramolecular Hbond substituents is 1. The molecular weight excluding hydrogens is 678 g/mol. The fraction of sp³-hybridized carbons (Fsp3) is 0.538. The second kappa shape index (κ2) is 19.2. The third-order valence-electron chi connectivity index (χ3n) is 9.66. The van der Waals surface area contributed by atoms with Crippen LogP contribution in [-0.2, 0) is 41.6 Å². The van der Waals surface area contributed by atoms with E-state index in [0.717, 1.165) is 5.56 Å². The molecule has 0 spiro atoms. The summed E-state index contributed by atoms with van der Waals surface area (Å²) in [6.07, 6.45) is 2.71. The number of rotatable bonds is 16. The smallest absolute Gasteiger partial charge is 0.246 e. The maximum atomic E-state index is 14.2. The lowest BCUT2D eigenvalue weighted by Crippen LogP contribution is -2.61. The first-order valence-electron chi connectivity index (χ1n) is 18.6. The highest BCUT2D eigenvalue weighted by atomic mass is 16.3. The number of hydrogen-bond acceptors (Lipinski definition) is 8. The third kappa shape index (κ3) is 11.8. The molecule has 53 heavy (non-hydrogen) atoms. The van der Waals surface area contributed by atoms with Crippen molar-refractivity contribution in [2.75, 3.05) is 13.1 Å². The summed E-state index contributed by atoms with van der Waals surface area (Å²) < 4.78 is 0. The Kier molecular flexibility index (Phi) is 14.8. The number of amides is 6. The first-order valence-corrected chi connectivity index (χ1v) is 18.6. The molecule has 0 radical (unpaired) electrons. The Morgan fingerprint density at radius 2 is 1.49 bits per heavy atom. The SMILES string of the molecule is CC(C)C[C@H](N)C(=O)N[C@H](Cc1ccccc1)C(=O)N1CCC[C@H]1C(=O)N[C@H](Cc1ccc(O)cc1)C(=O)N[C@H](C(=O)N[C@H]1CCCNC1=O)C(C)C. The highest BCUT2D eigenvalue weighted by Crippen LogP contribution is 2.21. The fourth-order valence-electron chi connectivity index (χ4n) is 6.75. The average molecular weight is 734 g/mol. The zero-order valence-electron chi connectivity index (χ0n) is 31.1. The maximum Gasteiger partial charge on any atom is 0.246 e. The maximum absolute atomic E-state index is 14.2. The molecule has 0 aromatic heterocycles. The number of benzene rings is 2. The summed E-state index contributed by atoms with van der Waals surface area (Å²) in [7, 11) is 0. The lowest BCUT2D eigenvalue weighted by Gasteiger charge is -2.31. The van der Waals surface area contributed by atoms with Gasteiger partial charge < -0.3 is 42.3 Å². The van der Waals surface area contributed by atoms with Gasteiger partial charge in [-0.15, -0.1) is 0 Å². The number of piperidine rings is 1. The lowest BCUT2D eigenvalue weighted by molar-refractivity contribution is -0.142. The Morgan fingerprint density at radius 1 is 0.830 bits per heavy atom. The minimum absolute atomic E-state index is 0.0242. The number of carbonyl (C=O) groups is 6. The van der Waals surface area contributed by atoms with E-state index < -0.39 is 65.8 Å². The van der Waals surface area contributed by atoms with Gasteiger partial charge in [0.05, 0.1) is 6.04 Å². The zero-order chi connectivity index (χ0) is 38.7. The van der Waals surface area contributed by atoms with Crippen molar-refractivity contribution in [3.63, 3.8) is 0 Å². The summed E-state index contributed by atoms with van der Waals surface area (Å²) in [4.78, 5) is 82.5. The molecule has 0 aliphatic carbocycles. The first kappa shape index (κ1) is 40.8. The van der Waals surface area contributed by atoms with Gasteiger partial charge >= 0.3 is 0 Å². The van der Waals surface area contributed by atoms with Gasteiger partial charge in [0, 0.05) is 25.9 Å². The van der Waals surface area contributed by atoms with Crippen LogP contribution < -0.4 is 32.3 Å². The highest BCUT2D eigenvalue weighted by molar-refractivity contribution is 5.97. The van der Waals surface area contributed by atoms with Crippen molar-refractivity contribution in [1.29, 1.82) is 0 Å². The number of hydrogen-bond donors (Lipinski definition) is 7. The molecule has 8 N–H and O–H groups in total. The van der Waals surface area contributed by atoms with Crippen LogP contribution in [-0.4, -0.2) is 94.8 Å². The molecule has 2 aliphatic rings. The molecule has 6 amide bonds. The quantitative estimate of drug-likeness (QED) is 0.132. The van der Waals surface area contributed by atoms with Crippen LogP contribution in [0.1, 0.15) is 70.9 Å². The number of phenols is 1. The van der Waals surface area contributed by atoms with Crippen molar-refractivity contribution in [2.24, 2.45) is 17.6 Å². The number of nitrogens with two attached hydrogens (primary N) is 1. The fourth-order valence-corrected chi connectivity index (χ4v) is 6.75. The van der Waals surface area contributed by atoms with Crippen LogP contribution in [0.5, 0.6) is 5.75 Å². The van der Waals surface area contributed by atoms with Gasteiger partial charge in [-0.05, 0) is 67.2 Å². The van der Waals surface area contributed by atoms with Crippen LogP contribution in [0.4, 0.5) is 0 Å². The van der Waals surface area contributed by atoms with E-state index in [-0.39, 0.29) is 42.9 Å². The molecule has 2 saturated heterocycles. The topological polar surface area (TPSA) is 212 Å². The van der Waals surface area contributed by atoms with Crippen LogP contribution in [0.25, 0.3) is 0 Å². The molecule has 14 heteroatoms. The van der Waals surface area contributed by atoms with Gasteiger partial charge in [0.15, 0.2) is 0 Å². The Balaban J connectivity index is 1.53. The third-order valence-corrected chi connectivity index (χ3v) is 9.66. The van der Waals surface area contributed by atoms with Gasteiger partial charge in [0.2, 0.25) is 35.4 Å². The molecule has 14 nitrogen and oxygen atoms in total. The second-order valence-corrected chi connectivity index (χ2v) is 14.8. The van der Waals surface area contributed by atoms with Crippen LogP contribution in [0.3, 0.4) is 0 Å². The molecule has 2 aromatic rings. The molecule has 0 bridgehead atoms. The van der Waals surface area contributed by atoms with E-state index in [1.165, 1.54) is 17.0 Å². The van der Waals surface area contributed by atoms with Gasteiger partial charge in [-0.2, -0.15) is 0 Å². The van der Waals surface area contributed by atoms with Crippen molar-refractivity contribution in [1.82, 2.24) is 31.5 Å². The molecule has 6 atom stereocenters. The van der Waals surface area contributed by atoms with E-state index in [2.05, 4.69) is 26.6 Å². The van der Waals surface area contributed by atoms with Crippen molar-refractivity contribution < 1.29 is 33.9 Å². The first-order chi connectivity index (χ1) is 25.2. The zero-order valence-corrected chi connectivity index (χ0v) is 31.1. The summed E-state index contributed by atoms with van der Waals surface area (Å²) in [5.41, 5.74) is 7.63. The Hall–Kier alpha value is -4.98. The van der Waals surface area contributed by atoms with E-state index in [0.29, 0.717) is 44.2 Å². The Morgan fingerprint density at radius 3 is 2.13 bits per heavy atom. The molecule has 288 valence electrons. The van der Waals surface area contributed by atoms with E-state index in [9.17, 15) is 33.9 Å². The van der Waals surface area contributed by atoms with Crippen LogP contribution in [0.2, 0.25) is 0 Å². The minimum Gasteiger partial charge on any atom is -0.508 e. The Labute approximate surface area is 311 Å². The normalized spacial score (nSPS) is 19.5. The van der Waals surface area contributed by atoms with E-state index >= 15 is 0 Å². The van der Waals surface area contributed by atoms with Crippen molar-refractivity contribution >= 4 is 35.4 Å². The average Bonchev–Trinajstić information content (AvgIpc) is 3.62. The van der Waals surface area contributed by atoms with Crippen LogP contribution in [0.15, 0.2) is 54.6 Å². The van der Waals surface area contributed by atoms with Gasteiger partial charge in [0.25, 0.3) is 0 Å². The van der Waals surface area contributed by atoms with Crippen LogP contribution in [0, 0.1) is 11.8 Å². The predicted octanol–water partition coefficient (Wildman–Crippen LogP) is 1.05. The number of carbonyl (C=O) groups excluding carboxylic acids is 6. The monoisotopic (exact) mass is 733 g/mol. The summed E-state index contributed by atoms with van der Waals surface area (Å²) >= 11 is 0. The molecule has 2 aliphatic heterocycles. The number of likely N-dealkylation sites (tertiary alicyclic amines) is 1. The number of aromatic hydroxyl groups is 1. The summed E-state index contributed by atoms with van der Waals surface area (Å²) in [6, 6.07) is 9.84. The van der Waals surface area contributed by atoms with E-state index in [1.807, 2.05) is 44.2 Å².